The fraction of sp³-hybridized carbons (Fsp3) is 0.333. The summed E-state index contributed by atoms with van der Waals surface area (Å²) in [7, 11) is 4.12. The fourth-order valence-electron chi connectivity index (χ4n) is 4.31. The van der Waals surface area contributed by atoms with Gasteiger partial charge in [0.2, 0.25) is 0 Å². The first-order valence-corrected chi connectivity index (χ1v) is 12.1. The highest BCUT2D eigenvalue weighted by molar-refractivity contribution is 6.00. The Labute approximate surface area is 198 Å². The quantitative estimate of drug-likeness (QED) is 0.326. The zero-order chi connectivity index (χ0) is 23.0. The third-order valence-electron chi connectivity index (χ3n) is 6.13. The molecule has 33 heavy (non-hydrogen) atoms. The summed E-state index contributed by atoms with van der Waals surface area (Å²) < 4.78 is 11.9. The molecule has 0 unspecified atom stereocenters. The number of allylic oxidation sites excluding steroid dienone is 1. The smallest absolute Gasteiger partial charge is 0.119 e. The van der Waals surface area contributed by atoms with Crippen LogP contribution in [0.4, 0.5) is 0 Å². The van der Waals surface area contributed by atoms with Gasteiger partial charge in [0.05, 0.1) is 6.61 Å². The van der Waals surface area contributed by atoms with Crippen molar-refractivity contribution in [1.82, 2.24) is 4.90 Å². The van der Waals surface area contributed by atoms with Crippen LogP contribution >= 0.6 is 0 Å². The van der Waals surface area contributed by atoms with Crippen molar-refractivity contribution >= 4 is 11.1 Å². The van der Waals surface area contributed by atoms with Crippen LogP contribution < -0.4 is 9.47 Å². The normalized spacial score (nSPS) is 13.2. The molecule has 3 nitrogen and oxygen atoms in total. The number of fused-ring (bicyclic) bond motifs is 1. The Bertz CT molecular complexity index is 1070. The molecule has 0 spiro atoms. The number of unbranched alkanes of at least 4 members (excludes halogenated alkanes) is 1. The predicted molar refractivity (Wildman–Crippen MR) is 138 cm³/mol. The maximum atomic E-state index is 6.00. The van der Waals surface area contributed by atoms with Crippen molar-refractivity contribution in [1.29, 1.82) is 0 Å². The summed E-state index contributed by atoms with van der Waals surface area (Å²) in [6.07, 6.45) is 4.28. The van der Waals surface area contributed by atoms with Crippen molar-refractivity contribution < 1.29 is 9.47 Å². The highest BCUT2D eigenvalue weighted by Crippen LogP contribution is 2.42. The zero-order valence-corrected chi connectivity index (χ0v) is 20.1. The number of ether oxygens (including phenoxy) is 2. The topological polar surface area (TPSA) is 21.7 Å². The van der Waals surface area contributed by atoms with Crippen molar-refractivity contribution in [3.63, 3.8) is 0 Å². The molecule has 0 heterocycles. The van der Waals surface area contributed by atoms with Crippen molar-refractivity contribution in [2.75, 3.05) is 33.9 Å². The second-order valence-electron chi connectivity index (χ2n) is 8.92. The van der Waals surface area contributed by atoms with E-state index in [0.717, 1.165) is 50.3 Å². The maximum Gasteiger partial charge on any atom is 0.119 e. The van der Waals surface area contributed by atoms with Gasteiger partial charge in [0, 0.05) is 6.54 Å². The third-order valence-corrected chi connectivity index (χ3v) is 6.13. The lowest BCUT2D eigenvalue weighted by molar-refractivity contribution is 0.261. The molecule has 0 saturated carbocycles. The van der Waals surface area contributed by atoms with Gasteiger partial charge in [-0.05, 0) is 91.0 Å². The summed E-state index contributed by atoms with van der Waals surface area (Å²) in [5.41, 5.74) is 7.93. The summed E-state index contributed by atoms with van der Waals surface area (Å²) in [6, 6.07) is 26.0. The van der Waals surface area contributed by atoms with Crippen LogP contribution in [0, 0.1) is 0 Å². The van der Waals surface area contributed by atoms with E-state index in [2.05, 4.69) is 98.7 Å². The van der Waals surface area contributed by atoms with Gasteiger partial charge in [0.25, 0.3) is 0 Å². The first kappa shape index (κ1) is 23.1. The van der Waals surface area contributed by atoms with Gasteiger partial charge in [0.1, 0.15) is 18.1 Å². The van der Waals surface area contributed by atoms with Crippen LogP contribution in [0.25, 0.3) is 11.1 Å². The van der Waals surface area contributed by atoms with Crippen LogP contribution in [-0.4, -0.2) is 38.8 Å². The number of rotatable bonds is 10. The van der Waals surface area contributed by atoms with E-state index in [0.29, 0.717) is 6.61 Å². The molecule has 3 aromatic carbocycles. The standard InChI is InChI=1S/C30H35NO2/c1-4-5-20-32-27-16-18-29-25(22-27)13-17-28(23-9-7-6-8-10-23)30(29)24-11-14-26(15-12-24)33-21-19-31(2)3/h6-12,14-16,18,22H,4-5,13,17,19-21H2,1-3H3. The summed E-state index contributed by atoms with van der Waals surface area (Å²) in [4.78, 5) is 2.13. The molecule has 1 aliphatic rings. The number of benzene rings is 3. The third kappa shape index (κ3) is 5.85. The van der Waals surface area contributed by atoms with Crippen molar-refractivity contribution in [2.24, 2.45) is 0 Å². The lowest BCUT2D eigenvalue weighted by Gasteiger charge is -2.25. The van der Waals surface area contributed by atoms with Crippen molar-refractivity contribution in [2.45, 2.75) is 32.6 Å². The molecule has 0 aliphatic heterocycles. The van der Waals surface area contributed by atoms with E-state index >= 15 is 0 Å². The second-order valence-corrected chi connectivity index (χ2v) is 8.92. The number of aryl methyl sites for hydroxylation is 1. The van der Waals surface area contributed by atoms with E-state index < -0.39 is 0 Å². The molecule has 0 fully saturated rings. The van der Waals surface area contributed by atoms with Crippen LogP contribution in [0.3, 0.4) is 0 Å². The van der Waals surface area contributed by atoms with Gasteiger partial charge in [-0.1, -0.05) is 61.9 Å². The summed E-state index contributed by atoms with van der Waals surface area (Å²) in [6.45, 7) is 4.56. The lowest BCUT2D eigenvalue weighted by Crippen LogP contribution is -2.19. The summed E-state index contributed by atoms with van der Waals surface area (Å²) in [5.74, 6) is 1.90. The van der Waals surface area contributed by atoms with E-state index in [-0.39, 0.29) is 0 Å². The highest BCUT2D eigenvalue weighted by atomic mass is 16.5. The summed E-state index contributed by atoms with van der Waals surface area (Å²) >= 11 is 0. The number of likely N-dealkylation sites (N-methyl/N-ethyl adjacent to an activating group) is 1. The number of hydrogen-bond donors (Lipinski definition) is 0. The van der Waals surface area contributed by atoms with Crippen LogP contribution in [-0.2, 0) is 6.42 Å². The van der Waals surface area contributed by atoms with E-state index in [1.54, 1.807) is 0 Å². The number of hydrogen-bond acceptors (Lipinski definition) is 3. The van der Waals surface area contributed by atoms with Crippen LogP contribution in [0.2, 0.25) is 0 Å². The Morgan fingerprint density at radius 3 is 2.21 bits per heavy atom. The van der Waals surface area contributed by atoms with Gasteiger partial charge in [0.15, 0.2) is 0 Å². The molecule has 0 bridgehead atoms. The molecule has 0 saturated heterocycles. The summed E-state index contributed by atoms with van der Waals surface area (Å²) in [5, 5.41) is 0. The van der Waals surface area contributed by atoms with Crippen LogP contribution in [0.15, 0.2) is 72.8 Å². The first-order chi connectivity index (χ1) is 16.2. The molecule has 3 heteroatoms. The maximum absolute atomic E-state index is 6.00. The molecule has 0 radical (unpaired) electrons. The van der Waals surface area contributed by atoms with E-state index in [4.69, 9.17) is 9.47 Å². The molecule has 0 N–H and O–H groups in total. The molecular weight excluding hydrogens is 406 g/mol. The lowest BCUT2D eigenvalue weighted by atomic mass is 9.79. The van der Waals surface area contributed by atoms with Gasteiger partial charge >= 0.3 is 0 Å². The molecule has 0 amide bonds. The van der Waals surface area contributed by atoms with Crippen molar-refractivity contribution in [3.8, 4) is 11.5 Å². The van der Waals surface area contributed by atoms with Crippen LogP contribution in [0.5, 0.6) is 11.5 Å². The monoisotopic (exact) mass is 441 g/mol. The Morgan fingerprint density at radius 2 is 1.48 bits per heavy atom. The van der Waals surface area contributed by atoms with Crippen LogP contribution in [0.1, 0.15) is 48.4 Å². The molecular formula is C30H35NO2. The molecule has 0 atom stereocenters. The van der Waals surface area contributed by atoms with Gasteiger partial charge in [-0.3, -0.25) is 0 Å². The van der Waals surface area contributed by atoms with E-state index in [1.807, 2.05) is 0 Å². The minimum Gasteiger partial charge on any atom is -0.494 e. The second kappa shape index (κ2) is 11.2. The average Bonchev–Trinajstić information content (AvgIpc) is 2.84. The molecule has 172 valence electrons. The minimum atomic E-state index is 0.688. The van der Waals surface area contributed by atoms with E-state index in [1.165, 1.54) is 33.4 Å². The van der Waals surface area contributed by atoms with Gasteiger partial charge in [-0.2, -0.15) is 0 Å². The largest absolute Gasteiger partial charge is 0.494 e. The Kier molecular flexibility index (Phi) is 7.85. The fourth-order valence-corrected chi connectivity index (χ4v) is 4.31. The SMILES string of the molecule is CCCCOc1ccc2c(c1)CCC(c1ccccc1)=C2c1ccc(OCCN(C)C)cc1. The van der Waals surface area contributed by atoms with Gasteiger partial charge < -0.3 is 14.4 Å². The molecule has 3 aromatic rings. The van der Waals surface area contributed by atoms with E-state index in [9.17, 15) is 0 Å². The predicted octanol–water partition coefficient (Wildman–Crippen LogP) is 6.71. The minimum absolute atomic E-state index is 0.688. The molecule has 4 rings (SSSR count). The Balaban J connectivity index is 1.68. The first-order valence-electron chi connectivity index (χ1n) is 12.1. The number of nitrogens with zero attached hydrogens (tertiary/aromatic N) is 1. The van der Waals surface area contributed by atoms with Gasteiger partial charge in [-0.25, -0.2) is 0 Å². The van der Waals surface area contributed by atoms with Crippen molar-refractivity contribution in [3.05, 3.63) is 95.1 Å². The zero-order valence-electron chi connectivity index (χ0n) is 20.1. The molecule has 0 aromatic heterocycles. The Hall–Kier alpha value is -3.04. The Morgan fingerprint density at radius 1 is 0.758 bits per heavy atom. The molecule has 1 aliphatic carbocycles. The highest BCUT2D eigenvalue weighted by Gasteiger charge is 2.22. The van der Waals surface area contributed by atoms with Gasteiger partial charge in [-0.15, -0.1) is 0 Å². The average molecular weight is 442 g/mol.